The molecule has 6 nitrogen and oxygen atoms in total. The van der Waals surface area contributed by atoms with E-state index in [1.165, 1.54) is 0 Å². The summed E-state index contributed by atoms with van der Waals surface area (Å²) in [7, 11) is 2.16. The summed E-state index contributed by atoms with van der Waals surface area (Å²) in [5.41, 5.74) is 0.663. The fraction of sp³-hybridized carbons (Fsp3) is 0.737. The maximum absolute atomic E-state index is 10.1. The average molecular weight is 422 g/mol. The molecule has 1 aliphatic heterocycles. The Hall–Kier alpha value is -0.630. The Kier molecular flexibility index (Phi) is 9.75. The zero-order valence-corrected chi connectivity index (χ0v) is 17.8. The summed E-state index contributed by atoms with van der Waals surface area (Å²) >= 11 is 0. The fourth-order valence-corrected chi connectivity index (χ4v) is 3.95. The number of aliphatic hydroxyl groups excluding tert-OH is 2. The summed E-state index contributed by atoms with van der Waals surface area (Å²) < 4.78 is 5.95. The van der Waals surface area contributed by atoms with E-state index in [1.807, 2.05) is 25.1 Å². The molecule has 0 bridgehead atoms. The summed E-state index contributed by atoms with van der Waals surface area (Å²) in [5.74, 6) is 0.606. The number of aliphatic hydroxyl groups is 2. The molecule has 2 heterocycles. The Labute approximate surface area is 174 Å². The van der Waals surface area contributed by atoms with Crippen LogP contribution in [0.15, 0.2) is 18.2 Å². The number of ether oxygens (including phenoxy) is 1. The van der Waals surface area contributed by atoms with E-state index in [9.17, 15) is 10.2 Å². The zero-order chi connectivity index (χ0) is 17.9. The second-order valence-corrected chi connectivity index (χ2v) is 7.91. The molecule has 156 valence electrons. The van der Waals surface area contributed by atoms with Crippen molar-refractivity contribution in [3.05, 3.63) is 23.9 Å². The van der Waals surface area contributed by atoms with Crippen molar-refractivity contribution in [3.63, 3.8) is 0 Å². The highest BCUT2D eigenvalue weighted by Crippen LogP contribution is 2.38. The molecular weight excluding hydrogens is 389 g/mol. The summed E-state index contributed by atoms with van der Waals surface area (Å²) in [4.78, 5) is 6.74. The number of aryl methyl sites for hydroxylation is 1. The molecule has 0 amide bonds. The number of nitrogens with one attached hydrogen (secondary N) is 1. The van der Waals surface area contributed by atoms with Crippen LogP contribution in [-0.2, 0) is 0 Å². The molecule has 2 fully saturated rings. The second-order valence-electron chi connectivity index (χ2n) is 7.91. The number of hydrogen-bond acceptors (Lipinski definition) is 6. The quantitative estimate of drug-likeness (QED) is 0.649. The number of halogens is 2. The minimum atomic E-state index is -0.673. The highest BCUT2D eigenvalue weighted by Gasteiger charge is 2.45. The highest BCUT2D eigenvalue weighted by molar-refractivity contribution is 5.85. The third-order valence-electron chi connectivity index (χ3n) is 5.60. The molecular formula is C19H33Cl2N3O3. The van der Waals surface area contributed by atoms with Crippen molar-refractivity contribution in [2.24, 2.45) is 5.41 Å². The van der Waals surface area contributed by atoms with Gasteiger partial charge in [0, 0.05) is 29.8 Å². The molecule has 1 saturated carbocycles. The topological polar surface area (TPSA) is 77.9 Å². The number of aromatic nitrogens is 1. The van der Waals surface area contributed by atoms with Crippen LogP contribution < -0.4 is 10.1 Å². The Morgan fingerprint density at radius 3 is 2.41 bits per heavy atom. The average Bonchev–Trinajstić information content (AvgIpc) is 2.88. The van der Waals surface area contributed by atoms with Crippen molar-refractivity contribution in [2.45, 2.75) is 50.9 Å². The second kappa shape index (κ2) is 10.8. The third kappa shape index (κ3) is 6.73. The number of nitrogens with zero attached hydrogens (tertiary/aromatic N) is 2. The van der Waals surface area contributed by atoms with Crippen LogP contribution in [0.25, 0.3) is 0 Å². The first-order valence-electron chi connectivity index (χ1n) is 9.30. The molecule has 1 aliphatic carbocycles. The van der Waals surface area contributed by atoms with Gasteiger partial charge in [-0.25, -0.2) is 4.98 Å². The molecule has 0 radical (unpaired) electrons. The lowest BCUT2D eigenvalue weighted by Crippen LogP contribution is -2.46. The van der Waals surface area contributed by atoms with Gasteiger partial charge < -0.3 is 25.2 Å². The summed E-state index contributed by atoms with van der Waals surface area (Å²) in [5, 5.41) is 23.8. The maximum Gasteiger partial charge on any atom is 0.213 e. The first kappa shape index (κ1) is 24.4. The van der Waals surface area contributed by atoms with Gasteiger partial charge in [-0.2, -0.15) is 0 Å². The Bertz CT molecular complexity index is 561. The lowest BCUT2D eigenvalue weighted by Gasteiger charge is -2.34. The first-order chi connectivity index (χ1) is 12.0. The predicted molar refractivity (Wildman–Crippen MR) is 111 cm³/mol. The normalized spacial score (nSPS) is 29.0. The molecule has 0 aromatic carbocycles. The molecule has 2 aliphatic rings. The molecule has 1 aromatic heterocycles. The summed E-state index contributed by atoms with van der Waals surface area (Å²) in [6.07, 6.45) is 2.04. The van der Waals surface area contributed by atoms with E-state index in [0.717, 1.165) is 38.2 Å². The Morgan fingerprint density at radius 2 is 1.81 bits per heavy atom. The van der Waals surface area contributed by atoms with Crippen LogP contribution in [0.3, 0.4) is 0 Å². The smallest absolute Gasteiger partial charge is 0.213 e. The van der Waals surface area contributed by atoms with Crippen molar-refractivity contribution in [3.8, 4) is 5.88 Å². The fourth-order valence-electron chi connectivity index (χ4n) is 3.95. The number of piperidine rings is 1. The standard InChI is InChI=1S/C19H31N3O3.2ClH/c1-14-4-3-5-18(21-14)25-13-19(10-16(23)17(24)11-19)12-20-15-6-8-22(2)9-7-15;;/h3-5,15-17,20,23-24H,6-13H2,1-2H3;2*1H/t16-,17+,19?;;. The summed E-state index contributed by atoms with van der Waals surface area (Å²) in [6.45, 7) is 5.37. The van der Waals surface area contributed by atoms with Crippen LogP contribution >= 0.6 is 24.8 Å². The lowest BCUT2D eigenvalue weighted by molar-refractivity contribution is 0.0438. The van der Waals surface area contributed by atoms with Gasteiger partial charge in [-0.15, -0.1) is 24.8 Å². The van der Waals surface area contributed by atoms with Gasteiger partial charge in [0.15, 0.2) is 0 Å². The van der Waals surface area contributed by atoms with E-state index in [1.54, 1.807) is 0 Å². The molecule has 1 saturated heterocycles. The molecule has 27 heavy (non-hydrogen) atoms. The van der Waals surface area contributed by atoms with Crippen molar-refractivity contribution in [1.82, 2.24) is 15.2 Å². The van der Waals surface area contributed by atoms with Crippen molar-refractivity contribution in [2.75, 3.05) is 33.3 Å². The minimum absolute atomic E-state index is 0. The van der Waals surface area contributed by atoms with Crippen molar-refractivity contribution in [1.29, 1.82) is 0 Å². The van der Waals surface area contributed by atoms with Gasteiger partial charge in [-0.3, -0.25) is 0 Å². The lowest BCUT2D eigenvalue weighted by atomic mass is 9.86. The van der Waals surface area contributed by atoms with Crippen LogP contribution in [0.1, 0.15) is 31.4 Å². The highest BCUT2D eigenvalue weighted by atomic mass is 35.5. The van der Waals surface area contributed by atoms with E-state index in [-0.39, 0.29) is 30.2 Å². The SMILES string of the molecule is Cc1cccc(OCC2(CNC3CCN(C)CC3)C[C@@H](O)[C@@H](O)C2)n1.Cl.Cl. The van der Waals surface area contributed by atoms with Crippen LogP contribution in [0.4, 0.5) is 0 Å². The van der Waals surface area contributed by atoms with Crippen molar-refractivity contribution < 1.29 is 14.9 Å². The van der Waals surface area contributed by atoms with Crippen LogP contribution in [-0.4, -0.2) is 71.6 Å². The maximum atomic E-state index is 10.1. The van der Waals surface area contributed by atoms with Gasteiger partial charge in [-0.1, -0.05) is 6.07 Å². The monoisotopic (exact) mass is 421 g/mol. The molecule has 8 heteroatoms. The van der Waals surface area contributed by atoms with E-state index < -0.39 is 12.2 Å². The first-order valence-corrected chi connectivity index (χ1v) is 9.30. The Balaban J connectivity index is 0.00000182. The van der Waals surface area contributed by atoms with E-state index >= 15 is 0 Å². The van der Waals surface area contributed by atoms with E-state index in [0.29, 0.717) is 31.4 Å². The summed E-state index contributed by atoms with van der Waals surface area (Å²) in [6, 6.07) is 6.22. The van der Waals surface area contributed by atoms with Gasteiger partial charge in [0.05, 0.1) is 18.8 Å². The predicted octanol–water partition coefficient (Wildman–Crippen LogP) is 1.80. The van der Waals surface area contributed by atoms with Gasteiger partial charge in [0.1, 0.15) is 0 Å². The number of pyridine rings is 1. The third-order valence-corrected chi connectivity index (χ3v) is 5.60. The van der Waals surface area contributed by atoms with E-state index in [2.05, 4.69) is 22.2 Å². The minimum Gasteiger partial charge on any atom is -0.477 e. The van der Waals surface area contributed by atoms with Gasteiger partial charge in [-0.05, 0) is 58.8 Å². The van der Waals surface area contributed by atoms with Crippen LogP contribution in [0.2, 0.25) is 0 Å². The molecule has 1 aromatic rings. The van der Waals surface area contributed by atoms with Crippen LogP contribution in [0, 0.1) is 12.3 Å². The molecule has 1 unspecified atom stereocenters. The molecule has 3 atom stereocenters. The number of likely N-dealkylation sites (tertiary alicyclic amines) is 1. The van der Waals surface area contributed by atoms with Gasteiger partial charge >= 0.3 is 0 Å². The van der Waals surface area contributed by atoms with Gasteiger partial charge in [0.2, 0.25) is 5.88 Å². The van der Waals surface area contributed by atoms with Crippen LogP contribution in [0.5, 0.6) is 5.88 Å². The zero-order valence-electron chi connectivity index (χ0n) is 16.1. The van der Waals surface area contributed by atoms with Gasteiger partial charge in [0.25, 0.3) is 0 Å². The van der Waals surface area contributed by atoms with Crippen molar-refractivity contribution >= 4 is 24.8 Å². The molecule has 0 spiro atoms. The Morgan fingerprint density at radius 1 is 1.19 bits per heavy atom. The largest absolute Gasteiger partial charge is 0.477 e. The molecule has 3 rings (SSSR count). The number of rotatable bonds is 6. The number of hydrogen-bond donors (Lipinski definition) is 3. The molecule has 3 N–H and O–H groups in total. The van der Waals surface area contributed by atoms with E-state index in [4.69, 9.17) is 4.74 Å².